The molecule has 0 saturated heterocycles. The van der Waals surface area contributed by atoms with Gasteiger partial charge in [0.1, 0.15) is 0 Å². The molecule has 1 N–H and O–H groups in total. The molecule has 0 saturated carbocycles. The van der Waals surface area contributed by atoms with Crippen LogP contribution in [0.1, 0.15) is 15.9 Å². The van der Waals surface area contributed by atoms with E-state index in [1.807, 2.05) is 0 Å². The third-order valence-corrected chi connectivity index (χ3v) is 3.71. The highest BCUT2D eigenvalue weighted by Gasteiger charge is 2.20. The van der Waals surface area contributed by atoms with Crippen LogP contribution in [0.4, 0.5) is 11.4 Å². The third kappa shape index (κ3) is 3.56. The van der Waals surface area contributed by atoms with Gasteiger partial charge in [-0.3, -0.25) is 14.9 Å². The van der Waals surface area contributed by atoms with E-state index < -0.39 is 23.4 Å². The maximum absolute atomic E-state index is 12.1. The Balaban J connectivity index is 1.60. The monoisotopic (exact) mass is 358 g/mol. The highest BCUT2D eigenvalue weighted by molar-refractivity contribution is 5.96. The molecular formula is C17H14N2O7. The molecule has 9 heteroatoms. The minimum absolute atomic E-state index is 0.0371. The van der Waals surface area contributed by atoms with E-state index in [2.05, 4.69) is 5.32 Å². The van der Waals surface area contributed by atoms with Gasteiger partial charge in [-0.2, -0.15) is 0 Å². The fourth-order valence-electron chi connectivity index (χ4n) is 2.42. The Morgan fingerprint density at radius 2 is 2.00 bits per heavy atom. The van der Waals surface area contributed by atoms with Crippen molar-refractivity contribution in [3.05, 3.63) is 57.6 Å². The lowest BCUT2D eigenvalue weighted by molar-refractivity contribution is -0.385. The van der Waals surface area contributed by atoms with Crippen molar-refractivity contribution in [3.8, 4) is 11.5 Å². The SMILES string of the molecule is Cc1c(C(=O)OCC(=O)Nc2ccc3c(c2)OCO3)cccc1[N+](=O)[O-]. The molecule has 0 aliphatic carbocycles. The highest BCUT2D eigenvalue weighted by Crippen LogP contribution is 2.34. The number of esters is 1. The van der Waals surface area contributed by atoms with Crippen molar-refractivity contribution in [3.63, 3.8) is 0 Å². The van der Waals surface area contributed by atoms with Gasteiger partial charge in [0.2, 0.25) is 6.79 Å². The van der Waals surface area contributed by atoms with Crippen molar-refractivity contribution in [2.45, 2.75) is 6.92 Å². The van der Waals surface area contributed by atoms with Gasteiger partial charge in [0, 0.05) is 23.4 Å². The summed E-state index contributed by atoms with van der Waals surface area (Å²) in [6.45, 7) is 1.03. The average molecular weight is 358 g/mol. The molecular weight excluding hydrogens is 344 g/mol. The zero-order valence-electron chi connectivity index (χ0n) is 13.7. The van der Waals surface area contributed by atoms with Crippen LogP contribution in [-0.4, -0.2) is 30.2 Å². The van der Waals surface area contributed by atoms with Crippen LogP contribution >= 0.6 is 0 Å². The minimum Gasteiger partial charge on any atom is -0.454 e. The van der Waals surface area contributed by atoms with Crippen molar-refractivity contribution in [2.24, 2.45) is 0 Å². The van der Waals surface area contributed by atoms with E-state index in [4.69, 9.17) is 14.2 Å². The van der Waals surface area contributed by atoms with Crippen molar-refractivity contribution >= 4 is 23.3 Å². The number of fused-ring (bicyclic) bond motifs is 1. The third-order valence-electron chi connectivity index (χ3n) is 3.71. The van der Waals surface area contributed by atoms with Gasteiger partial charge < -0.3 is 19.5 Å². The molecule has 2 aromatic carbocycles. The summed E-state index contributed by atoms with van der Waals surface area (Å²) >= 11 is 0. The van der Waals surface area contributed by atoms with Crippen LogP contribution in [0, 0.1) is 17.0 Å². The van der Waals surface area contributed by atoms with Gasteiger partial charge in [-0.1, -0.05) is 6.07 Å². The summed E-state index contributed by atoms with van der Waals surface area (Å²) in [5.41, 5.74) is 0.486. The van der Waals surface area contributed by atoms with Crippen molar-refractivity contribution in [2.75, 3.05) is 18.7 Å². The van der Waals surface area contributed by atoms with Crippen LogP contribution in [-0.2, 0) is 9.53 Å². The molecule has 0 aromatic heterocycles. The van der Waals surface area contributed by atoms with E-state index in [1.54, 1.807) is 18.2 Å². The van der Waals surface area contributed by atoms with E-state index in [1.165, 1.54) is 25.1 Å². The Hall–Kier alpha value is -3.62. The van der Waals surface area contributed by atoms with Crippen molar-refractivity contribution < 1.29 is 28.7 Å². The van der Waals surface area contributed by atoms with Crippen molar-refractivity contribution in [1.82, 2.24) is 0 Å². The number of nitrogens with zero attached hydrogens (tertiary/aromatic N) is 1. The lowest BCUT2D eigenvalue weighted by atomic mass is 10.1. The predicted octanol–water partition coefficient (Wildman–Crippen LogP) is 2.43. The molecule has 1 heterocycles. The van der Waals surface area contributed by atoms with Gasteiger partial charge in [-0.15, -0.1) is 0 Å². The summed E-state index contributed by atoms with van der Waals surface area (Å²) in [5, 5.41) is 13.5. The molecule has 9 nitrogen and oxygen atoms in total. The summed E-state index contributed by atoms with van der Waals surface area (Å²) in [6, 6.07) is 8.94. The summed E-state index contributed by atoms with van der Waals surface area (Å²) < 4.78 is 15.3. The van der Waals surface area contributed by atoms with Crippen LogP contribution in [0.3, 0.4) is 0 Å². The van der Waals surface area contributed by atoms with E-state index in [0.29, 0.717) is 17.2 Å². The Labute approximate surface area is 147 Å². The minimum atomic E-state index is -0.813. The first-order valence-corrected chi connectivity index (χ1v) is 7.56. The summed E-state index contributed by atoms with van der Waals surface area (Å²) in [5.74, 6) is -0.282. The predicted molar refractivity (Wildman–Crippen MR) is 89.3 cm³/mol. The molecule has 3 rings (SSSR count). The summed E-state index contributed by atoms with van der Waals surface area (Å²) in [6.07, 6.45) is 0. The zero-order valence-corrected chi connectivity index (χ0v) is 13.7. The lowest BCUT2D eigenvalue weighted by Gasteiger charge is -2.08. The van der Waals surface area contributed by atoms with Gasteiger partial charge in [0.25, 0.3) is 11.6 Å². The highest BCUT2D eigenvalue weighted by atomic mass is 16.7. The van der Waals surface area contributed by atoms with Gasteiger partial charge in [-0.05, 0) is 25.1 Å². The number of anilines is 1. The number of hydrogen-bond donors (Lipinski definition) is 1. The number of carbonyl (C=O) groups is 2. The van der Waals surface area contributed by atoms with E-state index in [9.17, 15) is 19.7 Å². The molecule has 2 aromatic rings. The summed E-state index contributed by atoms with van der Waals surface area (Å²) in [7, 11) is 0. The molecule has 0 unspecified atom stereocenters. The van der Waals surface area contributed by atoms with Crippen LogP contribution in [0.2, 0.25) is 0 Å². The van der Waals surface area contributed by atoms with Gasteiger partial charge in [0.05, 0.1) is 10.5 Å². The number of nitro benzene ring substituents is 1. The number of ether oxygens (including phenoxy) is 3. The zero-order chi connectivity index (χ0) is 18.7. The molecule has 1 aliphatic rings. The molecule has 0 bridgehead atoms. The van der Waals surface area contributed by atoms with Gasteiger partial charge in [-0.25, -0.2) is 4.79 Å². The van der Waals surface area contributed by atoms with Crippen LogP contribution in [0.25, 0.3) is 0 Å². The fourth-order valence-corrected chi connectivity index (χ4v) is 2.42. The maximum Gasteiger partial charge on any atom is 0.339 e. The molecule has 0 fully saturated rings. The fraction of sp³-hybridized carbons (Fsp3) is 0.176. The standard InChI is InChI=1S/C17H14N2O7/c1-10-12(3-2-4-13(10)19(22)23)17(21)24-8-16(20)18-11-5-6-14-15(7-11)26-9-25-14/h2-7H,8-9H2,1H3,(H,18,20). The first-order chi connectivity index (χ1) is 12.5. The van der Waals surface area contributed by atoms with E-state index >= 15 is 0 Å². The quantitative estimate of drug-likeness (QED) is 0.495. The average Bonchev–Trinajstić information content (AvgIpc) is 3.07. The maximum atomic E-state index is 12.1. The second kappa shape index (κ2) is 7.09. The van der Waals surface area contributed by atoms with Crippen molar-refractivity contribution in [1.29, 1.82) is 0 Å². The summed E-state index contributed by atoms with van der Waals surface area (Å²) in [4.78, 5) is 34.4. The molecule has 26 heavy (non-hydrogen) atoms. The van der Waals surface area contributed by atoms with E-state index in [0.717, 1.165) is 0 Å². The first-order valence-electron chi connectivity index (χ1n) is 7.56. The second-order valence-electron chi connectivity index (χ2n) is 5.40. The Morgan fingerprint density at radius 3 is 2.77 bits per heavy atom. The van der Waals surface area contributed by atoms with Gasteiger partial charge in [0.15, 0.2) is 18.1 Å². The topological polar surface area (TPSA) is 117 Å². The molecule has 0 radical (unpaired) electrons. The number of amides is 1. The molecule has 0 atom stereocenters. The van der Waals surface area contributed by atoms with Crippen LogP contribution in [0.5, 0.6) is 11.5 Å². The molecule has 0 spiro atoms. The number of rotatable bonds is 5. The Kier molecular flexibility index (Phi) is 4.70. The Bertz CT molecular complexity index is 895. The van der Waals surface area contributed by atoms with Crippen LogP contribution < -0.4 is 14.8 Å². The molecule has 1 aliphatic heterocycles. The normalized spacial score (nSPS) is 11.7. The smallest absolute Gasteiger partial charge is 0.339 e. The number of hydrogen-bond acceptors (Lipinski definition) is 7. The number of benzene rings is 2. The lowest BCUT2D eigenvalue weighted by Crippen LogP contribution is -2.21. The van der Waals surface area contributed by atoms with Gasteiger partial charge >= 0.3 is 5.97 Å². The number of carbonyl (C=O) groups excluding carboxylic acids is 2. The largest absolute Gasteiger partial charge is 0.454 e. The number of nitro groups is 1. The molecule has 1 amide bonds. The second-order valence-corrected chi connectivity index (χ2v) is 5.40. The molecule has 134 valence electrons. The first kappa shape index (κ1) is 17.2. The van der Waals surface area contributed by atoms with Crippen LogP contribution in [0.15, 0.2) is 36.4 Å². The number of nitrogens with one attached hydrogen (secondary N) is 1. The Morgan fingerprint density at radius 1 is 1.23 bits per heavy atom. The van der Waals surface area contributed by atoms with E-state index in [-0.39, 0.29) is 23.6 Å².